The third kappa shape index (κ3) is 5.93. The zero-order chi connectivity index (χ0) is 14.9. The van der Waals surface area contributed by atoms with E-state index in [0.29, 0.717) is 19.5 Å². The Kier molecular flexibility index (Phi) is 7.64. The topological polar surface area (TPSA) is 65.6 Å². The van der Waals surface area contributed by atoms with Crippen LogP contribution in [0.3, 0.4) is 0 Å². The molecule has 2 rings (SSSR count). The number of aromatic nitrogens is 1. The number of pyridine rings is 1. The lowest BCUT2D eigenvalue weighted by molar-refractivity contribution is -0.695. The number of aryl methyl sites for hydroxylation is 1. The highest BCUT2D eigenvalue weighted by atomic mass is 35.5. The van der Waals surface area contributed by atoms with Gasteiger partial charge in [0.05, 0.1) is 18.2 Å². The molecule has 0 unspecified atom stereocenters. The van der Waals surface area contributed by atoms with Crippen molar-refractivity contribution in [3.63, 3.8) is 0 Å². The molecule has 1 aromatic heterocycles. The van der Waals surface area contributed by atoms with Crippen molar-refractivity contribution < 1.29 is 27.0 Å². The summed E-state index contributed by atoms with van der Waals surface area (Å²) in [6.07, 6.45) is 5.45. The molecule has 0 radical (unpaired) electrons. The third-order valence-electron chi connectivity index (χ3n) is 3.02. The van der Waals surface area contributed by atoms with Crippen LogP contribution in [0.2, 0.25) is 0 Å². The van der Waals surface area contributed by atoms with E-state index in [2.05, 4.69) is 10.5 Å². The van der Waals surface area contributed by atoms with E-state index in [-0.39, 0.29) is 18.3 Å². The standard InChI is InChI=1S/C16H17N3O2.ClH/c20-16(17-11-14-5-2-1-3-6-14)8-10-19-9-4-7-15(13-19)12-18-21;/h1-7,9,12-13H,8,10-11H2,(H-,17,20,21);1H/b18-12+;. The third-order valence-corrected chi connectivity index (χ3v) is 3.02. The number of carbonyl (C=O) groups excluding carboxylic acids is 1. The van der Waals surface area contributed by atoms with E-state index in [0.717, 1.165) is 11.1 Å². The molecule has 0 saturated carbocycles. The van der Waals surface area contributed by atoms with Crippen molar-refractivity contribution in [1.82, 2.24) is 5.32 Å². The predicted octanol–water partition coefficient (Wildman–Crippen LogP) is -1.51. The average molecular weight is 320 g/mol. The van der Waals surface area contributed by atoms with Gasteiger partial charge in [0, 0.05) is 12.6 Å². The molecule has 1 amide bonds. The Labute approximate surface area is 135 Å². The molecule has 0 atom stereocenters. The van der Waals surface area contributed by atoms with Crippen LogP contribution < -0.4 is 22.3 Å². The van der Waals surface area contributed by atoms with Crippen molar-refractivity contribution >= 4 is 12.1 Å². The van der Waals surface area contributed by atoms with Crippen molar-refractivity contribution in [2.24, 2.45) is 5.16 Å². The number of oxime groups is 1. The maximum absolute atomic E-state index is 11.8. The molecule has 2 aromatic rings. The summed E-state index contributed by atoms with van der Waals surface area (Å²) >= 11 is 0. The quantitative estimate of drug-likeness (QED) is 0.294. The Bertz CT molecular complexity index is 618. The van der Waals surface area contributed by atoms with E-state index in [1.54, 1.807) is 0 Å². The fourth-order valence-electron chi connectivity index (χ4n) is 1.94. The van der Waals surface area contributed by atoms with Gasteiger partial charge in [-0.25, -0.2) is 4.57 Å². The molecule has 2 N–H and O–H groups in total. The van der Waals surface area contributed by atoms with Crippen LogP contribution in [0.5, 0.6) is 0 Å². The first-order valence-electron chi connectivity index (χ1n) is 6.75. The maximum atomic E-state index is 11.8. The monoisotopic (exact) mass is 319 g/mol. The van der Waals surface area contributed by atoms with Gasteiger partial charge in [-0.15, -0.1) is 0 Å². The van der Waals surface area contributed by atoms with Crippen molar-refractivity contribution in [3.8, 4) is 0 Å². The minimum Gasteiger partial charge on any atom is -1.00 e. The van der Waals surface area contributed by atoms with E-state index in [1.807, 2.05) is 59.4 Å². The van der Waals surface area contributed by atoms with Crippen LogP contribution in [0.15, 0.2) is 60.0 Å². The number of nitrogens with one attached hydrogen (secondary N) is 1. The molecule has 1 aromatic carbocycles. The van der Waals surface area contributed by atoms with Crippen LogP contribution in [0.4, 0.5) is 0 Å². The lowest BCUT2D eigenvalue weighted by Gasteiger charge is -2.04. The van der Waals surface area contributed by atoms with Crippen LogP contribution in [0.1, 0.15) is 17.5 Å². The maximum Gasteiger partial charge on any atom is 0.226 e. The number of nitrogens with zero attached hydrogens (tertiary/aromatic N) is 2. The van der Waals surface area contributed by atoms with Crippen LogP contribution in [-0.2, 0) is 17.9 Å². The van der Waals surface area contributed by atoms with Crippen molar-refractivity contribution in [2.45, 2.75) is 19.5 Å². The van der Waals surface area contributed by atoms with Gasteiger partial charge in [0.2, 0.25) is 5.91 Å². The zero-order valence-corrected chi connectivity index (χ0v) is 12.8. The zero-order valence-electron chi connectivity index (χ0n) is 12.0. The van der Waals surface area contributed by atoms with E-state index < -0.39 is 0 Å². The van der Waals surface area contributed by atoms with Crippen LogP contribution in [-0.4, -0.2) is 17.3 Å². The molecular weight excluding hydrogens is 302 g/mol. The molecule has 0 saturated heterocycles. The molecule has 0 aliphatic heterocycles. The summed E-state index contributed by atoms with van der Waals surface area (Å²) in [6.45, 7) is 1.12. The van der Waals surface area contributed by atoms with E-state index in [1.165, 1.54) is 6.21 Å². The van der Waals surface area contributed by atoms with Gasteiger partial charge < -0.3 is 22.9 Å². The summed E-state index contributed by atoms with van der Waals surface area (Å²) in [4.78, 5) is 11.8. The number of hydrogen-bond donors (Lipinski definition) is 2. The second-order valence-corrected chi connectivity index (χ2v) is 4.63. The lowest BCUT2D eigenvalue weighted by Crippen LogP contribution is -3.00. The van der Waals surface area contributed by atoms with Crippen LogP contribution >= 0.6 is 0 Å². The smallest absolute Gasteiger partial charge is 0.226 e. The second kappa shape index (κ2) is 9.52. The van der Waals surface area contributed by atoms with Gasteiger partial charge in [-0.1, -0.05) is 35.5 Å². The summed E-state index contributed by atoms with van der Waals surface area (Å²) < 4.78 is 1.89. The average Bonchev–Trinajstić information content (AvgIpc) is 2.53. The van der Waals surface area contributed by atoms with Gasteiger partial charge in [-0.05, 0) is 11.6 Å². The Morgan fingerprint density at radius 1 is 1.23 bits per heavy atom. The molecule has 0 aliphatic carbocycles. The fraction of sp³-hybridized carbons (Fsp3) is 0.188. The molecule has 0 spiro atoms. The van der Waals surface area contributed by atoms with Crippen molar-refractivity contribution in [3.05, 3.63) is 66.0 Å². The Morgan fingerprint density at radius 3 is 2.73 bits per heavy atom. The van der Waals surface area contributed by atoms with Gasteiger partial charge in [0.15, 0.2) is 18.9 Å². The summed E-state index contributed by atoms with van der Waals surface area (Å²) in [6, 6.07) is 13.5. The molecule has 1 heterocycles. The Balaban J connectivity index is 0.00000242. The van der Waals surface area contributed by atoms with Crippen LogP contribution in [0, 0.1) is 0 Å². The molecule has 5 nitrogen and oxygen atoms in total. The van der Waals surface area contributed by atoms with Crippen molar-refractivity contribution in [2.75, 3.05) is 0 Å². The first kappa shape index (κ1) is 17.7. The van der Waals surface area contributed by atoms with Gasteiger partial charge in [-0.3, -0.25) is 4.79 Å². The fourth-order valence-corrected chi connectivity index (χ4v) is 1.94. The first-order valence-corrected chi connectivity index (χ1v) is 6.75. The number of rotatable bonds is 6. The molecule has 116 valence electrons. The van der Waals surface area contributed by atoms with E-state index in [4.69, 9.17) is 5.21 Å². The molecule has 0 aliphatic rings. The number of hydrogen-bond acceptors (Lipinski definition) is 3. The SMILES string of the molecule is O=C(CC[n+]1cccc(/C=N/O)c1)NCc1ccccc1.[Cl-]. The lowest BCUT2D eigenvalue weighted by atomic mass is 10.2. The van der Waals surface area contributed by atoms with E-state index >= 15 is 0 Å². The van der Waals surface area contributed by atoms with E-state index in [9.17, 15) is 4.79 Å². The van der Waals surface area contributed by atoms with Gasteiger partial charge >= 0.3 is 0 Å². The van der Waals surface area contributed by atoms with Gasteiger partial charge in [-0.2, -0.15) is 0 Å². The molecule has 0 bridgehead atoms. The number of halogens is 1. The van der Waals surface area contributed by atoms with Crippen molar-refractivity contribution in [1.29, 1.82) is 0 Å². The highest BCUT2D eigenvalue weighted by Gasteiger charge is 2.07. The minimum absolute atomic E-state index is 0. The number of benzene rings is 1. The summed E-state index contributed by atoms with van der Waals surface area (Å²) in [5.41, 5.74) is 1.87. The number of carbonyl (C=O) groups is 1. The molecule has 6 heteroatoms. The summed E-state index contributed by atoms with van der Waals surface area (Å²) in [5.74, 6) is 0.00702. The van der Waals surface area contributed by atoms with Gasteiger partial charge in [0.1, 0.15) is 0 Å². The summed E-state index contributed by atoms with van der Waals surface area (Å²) in [5, 5.41) is 14.4. The highest BCUT2D eigenvalue weighted by molar-refractivity contribution is 5.78. The molecular formula is C16H18ClN3O2. The molecule has 22 heavy (non-hydrogen) atoms. The highest BCUT2D eigenvalue weighted by Crippen LogP contribution is 1.97. The first-order chi connectivity index (χ1) is 10.3. The number of amides is 1. The predicted molar refractivity (Wildman–Crippen MR) is 78.9 cm³/mol. The molecule has 0 fully saturated rings. The normalized spacial score (nSPS) is 10.2. The van der Waals surface area contributed by atoms with Gasteiger partial charge in [0.25, 0.3) is 0 Å². The largest absolute Gasteiger partial charge is 1.00 e. The Hall–Kier alpha value is -2.40. The minimum atomic E-state index is 0. The Morgan fingerprint density at radius 2 is 2.00 bits per heavy atom. The van der Waals surface area contributed by atoms with Crippen LogP contribution in [0.25, 0.3) is 0 Å². The second-order valence-electron chi connectivity index (χ2n) is 4.63. The summed E-state index contributed by atoms with van der Waals surface area (Å²) in [7, 11) is 0.